The van der Waals surface area contributed by atoms with Crippen LogP contribution in [-0.4, -0.2) is 79.0 Å². The Hall–Kier alpha value is -0.970. The molecule has 0 spiro atoms. The molecule has 0 rings (SSSR count). The molecule has 0 aliphatic carbocycles. The van der Waals surface area contributed by atoms with E-state index in [9.17, 15) is 65.7 Å². The third kappa shape index (κ3) is 7.77. The molecule has 1 atom stereocenters. The summed E-state index contributed by atoms with van der Waals surface area (Å²) in [5, 5.41) is -7.25. The van der Waals surface area contributed by atoms with Crippen LogP contribution in [-0.2, 0) is 10.1 Å². The monoisotopic (exact) mass is 553 g/mol. The number of halogens is 12. The van der Waals surface area contributed by atoms with E-state index in [2.05, 4.69) is 27.7 Å². The number of rotatable bonds is 12. The van der Waals surface area contributed by atoms with E-state index in [1.54, 1.807) is 0 Å². The summed E-state index contributed by atoms with van der Waals surface area (Å²) >= 11 is 0. The molecular formula is C17H27F12NO3S. The average Bonchev–Trinajstić information content (AvgIpc) is 2.68. The topological polar surface area (TPSA) is 57.2 Å². The normalized spacial score (nSPS) is 15.6. The van der Waals surface area contributed by atoms with Crippen molar-refractivity contribution in [2.45, 2.75) is 82.3 Å². The van der Waals surface area contributed by atoms with E-state index in [1.165, 1.54) is 30.7 Å². The van der Waals surface area contributed by atoms with E-state index >= 15 is 0 Å². The van der Waals surface area contributed by atoms with Crippen LogP contribution >= 0.6 is 0 Å². The van der Waals surface area contributed by atoms with Crippen molar-refractivity contribution < 1.29 is 70.1 Å². The van der Waals surface area contributed by atoms with Crippen molar-refractivity contribution in [3.8, 4) is 0 Å². The molecule has 0 heterocycles. The molecule has 0 fully saturated rings. The van der Waals surface area contributed by atoms with Crippen LogP contribution in [0.25, 0.3) is 0 Å². The molecule has 0 amide bonds. The molecule has 0 N–H and O–H groups in total. The van der Waals surface area contributed by atoms with E-state index < -0.39 is 64.8 Å². The maximum absolute atomic E-state index is 13.1. The molecule has 0 bridgehead atoms. The van der Waals surface area contributed by atoms with Crippen molar-refractivity contribution >= 4 is 10.1 Å². The molecule has 0 aliphatic rings. The Labute approximate surface area is 189 Å². The first-order chi connectivity index (χ1) is 14.9. The van der Waals surface area contributed by atoms with Gasteiger partial charge in [0.2, 0.25) is 0 Å². The highest BCUT2D eigenvalue weighted by molar-refractivity contribution is 7.86. The van der Waals surface area contributed by atoms with E-state index in [0.29, 0.717) is 0 Å². The Kier molecular flexibility index (Phi) is 12.3. The van der Waals surface area contributed by atoms with Crippen molar-refractivity contribution in [3.05, 3.63) is 0 Å². The van der Waals surface area contributed by atoms with E-state index in [1.807, 2.05) is 0 Å². The molecule has 0 aromatic heterocycles. The minimum absolute atomic E-state index is 1.28. The number of nitrogens with zero attached hydrogens (tertiary/aromatic N) is 1. The van der Waals surface area contributed by atoms with Crippen molar-refractivity contribution in [2.75, 3.05) is 26.2 Å². The molecule has 0 saturated carbocycles. The van der Waals surface area contributed by atoms with Crippen molar-refractivity contribution in [3.63, 3.8) is 0 Å². The standard InChI is InChI=1S/C9H8F12O3S.C8H20N/c10-4(2-1-3-5(11,12)13)6(14,15)7(16,17)8(18,19)9(20,21)25(22,23)24;1-5-9(6-2,7-3)8-4/h4H,1-3H2,(H,22,23,24);5-8H2,1-4H3/q;+1/p-1. The smallest absolute Gasteiger partial charge is 0.402 e. The number of quaternary nitrogens is 1. The third-order valence-corrected chi connectivity index (χ3v) is 6.37. The molecule has 0 aromatic carbocycles. The van der Waals surface area contributed by atoms with Gasteiger partial charge < -0.3 is 9.04 Å². The minimum Gasteiger partial charge on any atom is -0.743 e. The van der Waals surface area contributed by atoms with Crippen molar-refractivity contribution in [1.82, 2.24) is 0 Å². The zero-order valence-corrected chi connectivity index (χ0v) is 19.5. The highest BCUT2D eigenvalue weighted by atomic mass is 32.2. The first-order valence-electron chi connectivity index (χ1n) is 9.89. The summed E-state index contributed by atoms with van der Waals surface area (Å²) in [7, 11) is -7.58. The molecular weight excluding hydrogens is 526 g/mol. The molecule has 208 valence electrons. The lowest BCUT2D eigenvalue weighted by Crippen LogP contribution is -2.66. The van der Waals surface area contributed by atoms with Crippen LogP contribution in [0.5, 0.6) is 0 Å². The van der Waals surface area contributed by atoms with Crippen LogP contribution in [0, 0.1) is 0 Å². The lowest BCUT2D eigenvalue weighted by atomic mass is 9.97. The summed E-state index contributed by atoms with van der Waals surface area (Å²) in [4.78, 5) is 0. The summed E-state index contributed by atoms with van der Waals surface area (Å²) in [6.07, 6.45) is -15.2. The minimum atomic E-state index is -7.58. The predicted molar refractivity (Wildman–Crippen MR) is 96.7 cm³/mol. The number of hydrogen-bond acceptors (Lipinski definition) is 3. The Morgan fingerprint density at radius 1 is 0.735 bits per heavy atom. The fourth-order valence-electron chi connectivity index (χ4n) is 2.75. The van der Waals surface area contributed by atoms with Gasteiger partial charge in [-0.15, -0.1) is 0 Å². The summed E-state index contributed by atoms with van der Waals surface area (Å²) in [6.45, 7) is 14.2. The van der Waals surface area contributed by atoms with Gasteiger partial charge in [-0.05, 0) is 40.5 Å². The zero-order chi connectivity index (χ0) is 28.0. The molecule has 0 aromatic rings. The summed E-state index contributed by atoms with van der Waals surface area (Å²) in [5.74, 6) is -21.7. The van der Waals surface area contributed by atoms with E-state index in [0.717, 1.165) is 0 Å². The SMILES string of the molecule is CC[N+](CC)(CC)CC.O=S(=O)([O-])C(F)(F)C(F)(F)C(F)(F)C(F)(F)C(F)CCCC(F)(F)F. The quantitative estimate of drug-likeness (QED) is 0.170. The van der Waals surface area contributed by atoms with Gasteiger partial charge in [-0.25, -0.2) is 12.8 Å². The molecule has 0 radical (unpaired) electrons. The first-order valence-corrected chi connectivity index (χ1v) is 11.3. The lowest BCUT2D eigenvalue weighted by Gasteiger charge is -2.38. The first kappa shape index (κ1) is 35.2. The van der Waals surface area contributed by atoms with Gasteiger partial charge in [-0.1, -0.05) is 0 Å². The maximum Gasteiger partial charge on any atom is 0.402 e. The van der Waals surface area contributed by atoms with Crippen LogP contribution in [0.2, 0.25) is 0 Å². The second kappa shape index (κ2) is 11.8. The Balaban J connectivity index is 0. The number of alkyl halides is 12. The molecule has 1 unspecified atom stereocenters. The van der Waals surface area contributed by atoms with Crippen LogP contribution in [0.3, 0.4) is 0 Å². The van der Waals surface area contributed by atoms with Gasteiger partial charge in [-0.2, -0.15) is 48.3 Å². The Morgan fingerprint density at radius 3 is 1.32 bits per heavy atom. The van der Waals surface area contributed by atoms with Crippen LogP contribution in [0.4, 0.5) is 52.7 Å². The summed E-state index contributed by atoms with van der Waals surface area (Å²) < 4.78 is 183. The second-order valence-corrected chi connectivity index (χ2v) is 8.75. The van der Waals surface area contributed by atoms with Crippen LogP contribution in [0.1, 0.15) is 47.0 Å². The molecule has 34 heavy (non-hydrogen) atoms. The predicted octanol–water partition coefficient (Wildman–Crippen LogP) is 5.98. The van der Waals surface area contributed by atoms with Crippen LogP contribution < -0.4 is 0 Å². The second-order valence-electron chi connectivity index (χ2n) is 7.32. The summed E-state index contributed by atoms with van der Waals surface area (Å²) in [5.41, 5.74) is 0. The molecule has 0 aliphatic heterocycles. The van der Waals surface area contributed by atoms with Gasteiger partial charge in [0.1, 0.15) is 0 Å². The number of hydrogen-bond donors (Lipinski definition) is 0. The fraction of sp³-hybridized carbons (Fsp3) is 1.00. The van der Waals surface area contributed by atoms with Gasteiger partial charge in [0, 0.05) is 6.42 Å². The fourth-order valence-corrected chi connectivity index (χ4v) is 3.19. The Morgan fingerprint density at radius 2 is 1.09 bits per heavy atom. The highest BCUT2D eigenvalue weighted by Crippen LogP contribution is 2.55. The van der Waals surface area contributed by atoms with E-state index in [-0.39, 0.29) is 0 Å². The van der Waals surface area contributed by atoms with Gasteiger partial charge in [0.05, 0.1) is 26.2 Å². The summed E-state index contributed by atoms with van der Waals surface area (Å²) in [6, 6.07) is 0. The van der Waals surface area contributed by atoms with Crippen LogP contribution in [0.15, 0.2) is 0 Å². The molecule has 0 saturated heterocycles. The molecule has 17 heteroatoms. The largest absolute Gasteiger partial charge is 0.743 e. The zero-order valence-electron chi connectivity index (χ0n) is 18.6. The van der Waals surface area contributed by atoms with Crippen molar-refractivity contribution in [1.29, 1.82) is 0 Å². The lowest BCUT2D eigenvalue weighted by molar-refractivity contribution is -0.921. The van der Waals surface area contributed by atoms with E-state index in [4.69, 9.17) is 0 Å². The third-order valence-electron chi connectivity index (χ3n) is 5.49. The maximum atomic E-state index is 13.1. The van der Waals surface area contributed by atoms with Gasteiger partial charge >= 0.3 is 29.2 Å². The highest BCUT2D eigenvalue weighted by Gasteiger charge is 2.84. The van der Waals surface area contributed by atoms with Crippen molar-refractivity contribution in [2.24, 2.45) is 0 Å². The molecule has 4 nitrogen and oxygen atoms in total. The van der Waals surface area contributed by atoms with Gasteiger partial charge in [-0.3, -0.25) is 0 Å². The van der Waals surface area contributed by atoms with Gasteiger partial charge in [0.25, 0.3) is 0 Å². The van der Waals surface area contributed by atoms with Gasteiger partial charge in [0.15, 0.2) is 16.3 Å². The Bertz CT molecular complexity index is 704. The average molecular weight is 553 g/mol.